The van der Waals surface area contributed by atoms with Crippen LogP contribution in [0, 0.1) is 0 Å². The van der Waals surface area contributed by atoms with E-state index in [4.69, 9.17) is 5.73 Å². The summed E-state index contributed by atoms with van der Waals surface area (Å²) in [6.45, 7) is 2.72. The third-order valence-electron chi connectivity index (χ3n) is 2.49. The summed E-state index contributed by atoms with van der Waals surface area (Å²) in [6.07, 6.45) is 0.999. The topological polar surface area (TPSA) is 41.8 Å². The zero-order chi connectivity index (χ0) is 10.1. The molecular formula is C11H13BrN2. The summed E-state index contributed by atoms with van der Waals surface area (Å²) >= 11 is 3.62. The number of rotatable bonds is 2. The van der Waals surface area contributed by atoms with E-state index in [2.05, 4.69) is 40.0 Å². The van der Waals surface area contributed by atoms with Crippen molar-refractivity contribution < 1.29 is 0 Å². The molecule has 0 amide bonds. The largest absolute Gasteiger partial charge is 0.357 e. The van der Waals surface area contributed by atoms with Crippen LogP contribution in [0.4, 0.5) is 0 Å². The molecule has 1 aromatic carbocycles. The van der Waals surface area contributed by atoms with E-state index in [0.717, 1.165) is 16.4 Å². The van der Waals surface area contributed by atoms with Crippen molar-refractivity contribution in [3.05, 3.63) is 33.9 Å². The molecule has 0 atom stereocenters. The van der Waals surface area contributed by atoms with Gasteiger partial charge in [-0.1, -0.05) is 19.1 Å². The monoisotopic (exact) mass is 252 g/mol. The van der Waals surface area contributed by atoms with Gasteiger partial charge in [0.25, 0.3) is 0 Å². The number of fused-ring (bicyclic) bond motifs is 1. The number of H-pyrrole nitrogens is 1. The van der Waals surface area contributed by atoms with Crippen LogP contribution >= 0.6 is 15.9 Å². The van der Waals surface area contributed by atoms with Crippen molar-refractivity contribution in [3.63, 3.8) is 0 Å². The molecule has 0 saturated heterocycles. The van der Waals surface area contributed by atoms with Crippen molar-refractivity contribution in [1.29, 1.82) is 0 Å². The van der Waals surface area contributed by atoms with Gasteiger partial charge in [-0.2, -0.15) is 0 Å². The third-order valence-corrected chi connectivity index (χ3v) is 3.37. The number of aromatic nitrogens is 1. The molecule has 14 heavy (non-hydrogen) atoms. The molecule has 0 spiro atoms. The molecule has 1 heterocycles. The van der Waals surface area contributed by atoms with Gasteiger partial charge in [-0.05, 0) is 34.0 Å². The zero-order valence-electron chi connectivity index (χ0n) is 8.10. The summed E-state index contributed by atoms with van der Waals surface area (Å²) in [5.41, 5.74) is 9.29. The van der Waals surface area contributed by atoms with Crippen LogP contribution in [0.25, 0.3) is 10.9 Å². The van der Waals surface area contributed by atoms with Gasteiger partial charge in [-0.25, -0.2) is 0 Å². The molecule has 0 aliphatic heterocycles. The first-order valence-corrected chi connectivity index (χ1v) is 5.55. The highest BCUT2D eigenvalue weighted by molar-refractivity contribution is 9.10. The zero-order valence-corrected chi connectivity index (χ0v) is 9.69. The summed E-state index contributed by atoms with van der Waals surface area (Å²) in [7, 11) is 0. The van der Waals surface area contributed by atoms with Gasteiger partial charge >= 0.3 is 0 Å². The minimum atomic E-state index is 0.580. The molecule has 0 bridgehead atoms. The number of nitrogens with one attached hydrogen (secondary N) is 1. The van der Waals surface area contributed by atoms with Crippen LogP contribution in [-0.4, -0.2) is 4.98 Å². The lowest BCUT2D eigenvalue weighted by molar-refractivity contribution is 1.06. The van der Waals surface area contributed by atoms with Crippen molar-refractivity contribution in [2.75, 3.05) is 0 Å². The van der Waals surface area contributed by atoms with Crippen LogP contribution in [0.1, 0.15) is 18.2 Å². The molecule has 0 aliphatic rings. The smallest absolute Gasteiger partial charge is 0.0471 e. The third kappa shape index (κ3) is 1.37. The fourth-order valence-electron chi connectivity index (χ4n) is 1.75. The lowest BCUT2D eigenvalue weighted by atomic mass is 10.1. The van der Waals surface area contributed by atoms with Crippen LogP contribution in [0.15, 0.2) is 22.7 Å². The Morgan fingerprint density at radius 3 is 2.86 bits per heavy atom. The van der Waals surface area contributed by atoms with E-state index >= 15 is 0 Å². The van der Waals surface area contributed by atoms with Gasteiger partial charge in [0, 0.05) is 27.6 Å². The Bertz CT molecular complexity index is 460. The van der Waals surface area contributed by atoms with Crippen molar-refractivity contribution >= 4 is 26.8 Å². The molecule has 3 heteroatoms. The van der Waals surface area contributed by atoms with Gasteiger partial charge in [-0.3, -0.25) is 0 Å². The average Bonchev–Trinajstić information content (AvgIpc) is 2.55. The standard InChI is InChI=1S/C11H13BrN2/c1-2-8-11(12)10-7(6-13)4-3-5-9(10)14-8/h3-5,14H,2,6,13H2,1H3. The highest BCUT2D eigenvalue weighted by atomic mass is 79.9. The number of hydrogen-bond donors (Lipinski definition) is 2. The predicted octanol–water partition coefficient (Wildman–Crippen LogP) is 2.95. The van der Waals surface area contributed by atoms with E-state index < -0.39 is 0 Å². The quantitative estimate of drug-likeness (QED) is 0.848. The average molecular weight is 253 g/mol. The van der Waals surface area contributed by atoms with Crippen LogP contribution < -0.4 is 5.73 Å². The van der Waals surface area contributed by atoms with Gasteiger partial charge in [-0.15, -0.1) is 0 Å². The SMILES string of the molecule is CCc1[nH]c2cccc(CN)c2c1Br. The maximum atomic E-state index is 5.70. The molecule has 0 radical (unpaired) electrons. The minimum absolute atomic E-state index is 0.580. The fourth-order valence-corrected chi connectivity index (χ4v) is 2.59. The van der Waals surface area contributed by atoms with Crippen molar-refractivity contribution in [3.8, 4) is 0 Å². The Kier molecular flexibility index (Phi) is 2.61. The van der Waals surface area contributed by atoms with Crippen molar-refractivity contribution in [2.45, 2.75) is 19.9 Å². The summed E-state index contributed by atoms with van der Waals surface area (Å²) in [5.74, 6) is 0. The fraction of sp³-hybridized carbons (Fsp3) is 0.273. The predicted molar refractivity (Wildman–Crippen MR) is 63.3 cm³/mol. The first-order chi connectivity index (χ1) is 6.77. The van der Waals surface area contributed by atoms with Crippen LogP contribution in [0.3, 0.4) is 0 Å². The van der Waals surface area contributed by atoms with Crippen LogP contribution in [0.5, 0.6) is 0 Å². The van der Waals surface area contributed by atoms with Gasteiger partial charge in [0.1, 0.15) is 0 Å². The first kappa shape index (κ1) is 9.74. The number of aromatic amines is 1. The van der Waals surface area contributed by atoms with Gasteiger partial charge in [0.05, 0.1) is 0 Å². The molecule has 2 rings (SSSR count). The van der Waals surface area contributed by atoms with Gasteiger partial charge in [0.2, 0.25) is 0 Å². The van der Waals surface area contributed by atoms with Crippen molar-refractivity contribution in [1.82, 2.24) is 4.98 Å². The molecule has 2 aromatic rings. The Morgan fingerprint density at radius 1 is 1.43 bits per heavy atom. The second kappa shape index (κ2) is 3.75. The minimum Gasteiger partial charge on any atom is -0.357 e. The second-order valence-electron chi connectivity index (χ2n) is 3.31. The van der Waals surface area contributed by atoms with Gasteiger partial charge < -0.3 is 10.7 Å². The summed E-state index contributed by atoms with van der Waals surface area (Å²) < 4.78 is 1.16. The molecule has 0 saturated carbocycles. The number of benzene rings is 1. The Balaban J connectivity index is 2.79. The summed E-state index contributed by atoms with van der Waals surface area (Å²) in [5, 5.41) is 1.23. The number of nitrogens with two attached hydrogens (primary N) is 1. The van der Waals surface area contributed by atoms with E-state index in [9.17, 15) is 0 Å². The van der Waals surface area contributed by atoms with E-state index in [1.54, 1.807) is 0 Å². The molecule has 3 N–H and O–H groups in total. The molecular weight excluding hydrogens is 240 g/mol. The molecule has 1 aromatic heterocycles. The Morgan fingerprint density at radius 2 is 2.21 bits per heavy atom. The van der Waals surface area contributed by atoms with E-state index in [1.807, 2.05) is 6.07 Å². The molecule has 0 fully saturated rings. The number of hydrogen-bond acceptors (Lipinski definition) is 1. The lowest BCUT2D eigenvalue weighted by Crippen LogP contribution is -1.96. The molecule has 2 nitrogen and oxygen atoms in total. The van der Waals surface area contributed by atoms with E-state index in [0.29, 0.717) is 6.54 Å². The normalized spacial score (nSPS) is 11.1. The first-order valence-electron chi connectivity index (χ1n) is 4.76. The molecule has 74 valence electrons. The summed E-state index contributed by atoms with van der Waals surface area (Å²) in [4.78, 5) is 3.39. The van der Waals surface area contributed by atoms with Crippen LogP contribution in [-0.2, 0) is 13.0 Å². The number of halogens is 1. The number of aryl methyl sites for hydroxylation is 1. The maximum absolute atomic E-state index is 5.70. The Labute approximate surface area is 91.6 Å². The van der Waals surface area contributed by atoms with E-state index in [-0.39, 0.29) is 0 Å². The molecule has 0 aliphatic carbocycles. The molecule has 0 unspecified atom stereocenters. The second-order valence-corrected chi connectivity index (χ2v) is 4.11. The van der Waals surface area contributed by atoms with E-state index in [1.165, 1.54) is 16.6 Å². The summed E-state index contributed by atoms with van der Waals surface area (Å²) in [6, 6.07) is 6.19. The lowest BCUT2D eigenvalue weighted by Gasteiger charge is -1.99. The maximum Gasteiger partial charge on any atom is 0.0471 e. The van der Waals surface area contributed by atoms with Crippen molar-refractivity contribution in [2.24, 2.45) is 5.73 Å². The van der Waals surface area contributed by atoms with Gasteiger partial charge in [0.15, 0.2) is 0 Å². The highest BCUT2D eigenvalue weighted by Crippen LogP contribution is 2.30. The Hall–Kier alpha value is -0.800. The van der Waals surface area contributed by atoms with Crippen LogP contribution in [0.2, 0.25) is 0 Å². The highest BCUT2D eigenvalue weighted by Gasteiger charge is 2.09.